The summed E-state index contributed by atoms with van der Waals surface area (Å²) in [6.07, 6.45) is 1.38. The molecule has 0 aliphatic carbocycles. The Kier molecular flexibility index (Phi) is 6.24. The van der Waals surface area contributed by atoms with Gasteiger partial charge in [0.25, 0.3) is 15.0 Å². The number of rotatable bonds is 7. The van der Waals surface area contributed by atoms with Crippen LogP contribution in [-0.4, -0.2) is 50.1 Å². The SMILES string of the molecule is CCn1cc(S(=O)(=O)Cl)cc1C(=O)N(CCOC)C(C)C. The molecule has 120 valence electrons. The average molecular weight is 337 g/mol. The van der Waals surface area contributed by atoms with Crippen LogP contribution < -0.4 is 0 Å². The molecule has 21 heavy (non-hydrogen) atoms. The van der Waals surface area contributed by atoms with Crippen molar-refractivity contribution in [1.29, 1.82) is 0 Å². The van der Waals surface area contributed by atoms with Crippen LogP contribution in [0.4, 0.5) is 0 Å². The molecule has 0 fully saturated rings. The van der Waals surface area contributed by atoms with Gasteiger partial charge < -0.3 is 14.2 Å². The third-order valence-corrected chi connectivity index (χ3v) is 4.45. The summed E-state index contributed by atoms with van der Waals surface area (Å²) in [7, 11) is 3.06. The number of carbonyl (C=O) groups excluding carboxylic acids is 1. The lowest BCUT2D eigenvalue weighted by Gasteiger charge is -2.26. The Hall–Kier alpha value is -1.05. The summed E-state index contributed by atoms with van der Waals surface area (Å²) in [6.45, 7) is 6.94. The summed E-state index contributed by atoms with van der Waals surface area (Å²) in [5.74, 6) is -0.240. The zero-order valence-electron chi connectivity index (χ0n) is 12.7. The number of nitrogens with zero attached hydrogens (tertiary/aromatic N) is 2. The van der Waals surface area contributed by atoms with Crippen LogP contribution in [0.5, 0.6) is 0 Å². The van der Waals surface area contributed by atoms with E-state index in [1.54, 1.807) is 16.6 Å². The minimum atomic E-state index is -3.86. The molecule has 0 atom stereocenters. The highest BCUT2D eigenvalue weighted by atomic mass is 35.7. The molecule has 0 bridgehead atoms. The van der Waals surface area contributed by atoms with Crippen molar-refractivity contribution in [3.8, 4) is 0 Å². The summed E-state index contributed by atoms with van der Waals surface area (Å²) in [5, 5.41) is 0. The van der Waals surface area contributed by atoms with E-state index in [-0.39, 0.29) is 16.8 Å². The Labute approximate surface area is 130 Å². The molecule has 1 amide bonds. The smallest absolute Gasteiger partial charge is 0.270 e. The molecule has 0 spiro atoms. The molecule has 6 nitrogen and oxygen atoms in total. The third-order valence-electron chi connectivity index (χ3n) is 3.13. The second-order valence-electron chi connectivity index (χ2n) is 4.87. The number of hydrogen-bond donors (Lipinski definition) is 0. The summed E-state index contributed by atoms with van der Waals surface area (Å²) < 4.78 is 29.4. The van der Waals surface area contributed by atoms with Crippen molar-refractivity contribution in [2.75, 3.05) is 20.3 Å². The Morgan fingerprint density at radius 3 is 2.52 bits per heavy atom. The van der Waals surface area contributed by atoms with Gasteiger partial charge in [0.15, 0.2) is 0 Å². The standard InChI is InChI=1S/C13H21ClN2O4S/c1-5-15-9-11(21(14,18)19)8-12(15)13(17)16(10(2)3)6-7-20-4/h8-10H,5-7H2,1-4H3. The van der Waals surface area contributed by atoms with E-state index in [4.69, 9.17) is 15.4 Å². The molecule has 1 aromatic rings. The fourth-order valence-electron chi connectivity index (χ4n) is 1.99. The lowest BCUT2D eigenvalue weighted by Crippen LogP contribution is -2.40. The van der Waals surface area contributed by atoms with Crippen molar-refractivity contribution in [3.05, 3.63) is 18.0 Å². The van der Waals surface area contributed by atoms with Crippen LogP contribution in [0.15, 0.2) is 17.2 Å². The van der Waals surface area contributed by atoms with Gasteiger partial charge in [-0.15, -0.1) is 0 Å². The largest absolute Gasteiger partial charge is 0.383 e. The fraction of sp³-hybridized carbons (Fsp3) is 0.615. The van der Waals surface area contributed by atoms with Gasteiger partial charge in [-0.2, -0.15) is 0 Å². The lowest BCUT2D eigenvalue weighted by atomic mass is 10.2. The Morgan fingerprint density at radius 2 is 2.10 bits per heavy atom. The molecule has 0 aliphatic rings. The quantitative estimate of drug-likeness (QED) is 0.713. The van der Waals surface area contributed by atoms with Gasteiger partial charge in [0.05, 0.1) is 6.61 Å². The maximum Gasteiger partial charge on any atom is 0.270 e. The molecular formula is C13H21ClN2O4S. The first-order valence-corrected chi connectivity index (χ1v) is 8.98. The molecule has 0 unspecified atom stereocenters. The predicted molar refractivity (Wildman–Crippen MR) is 81.2 cm³/mol. The molecule has 1 aromatic heterocycles. The van der Waals surface area contributed by atoms with Gasteiger partial charge in [0.1, 0.15) is 10.6 Å². The van der Waals surface area contributed by atoms with Crippen molar-refractivity contribution in [3.63, 3.8) is 0 Å². The van der Waals surface area contributed by atoms with E-state index in [0.717, 1.165) is 0 Å². The van der Waals surface area contributed by atoms with Crippen molar-refractivity contribution in [2.45, 2.75) is 38.3 Å². The number of methoxy groups -OCH3 is 1. The topological polar surface area (TPSA) is 68.6 Å². The number of aryl methyl sites for hydroxylation is 1. The highest BCUT2D eigenvalue weighted by Crippen LogP contribution is 2.20. The molecule has 1 rings (SSSR count). The van der Waals surface area contributed by atoms with E-state index in [0.29, 0.717) is 25.4 Å². The second-order valence-corrected chi connectivity index (χ2v) is 7.44. The van der Waals surface area contributed by atoms with Gasteiger partial charge in [-0.1, -0.05) is 0 Å². The van der Waals surface area contributed by atoms with Crippen molar-refractivity contribution < 1.29 is 17.9 Å². The van der Waals surface area contributed by atoms with Crippen LogP contribution in [0.3, 0.4) is 0 Å². The Morgan fingerprint density at radius 1 is 1.48 bits per heavy atom. The first-order chi connectivity index (χ1) is 9.72. The Balaban J connectivity index is 3.18. The van der Waals surface area contributed by atoms with Gasteiger partial charge >= 0.3 is 0 Å². The summed E-state index contributed by atoms with van der Waals surface area (Å²) in [5.41, 5.74) is 0.307. The van der Waals surface area contributed by atoms with Crippen molar-refractivity contribution in [2.24, 2.45) is 0 Å². The molecule has 1 heterocycles. The maximum atomic E-state index is 12.6. The molecule has 8 heteroatoms. The van der Waals surface area contributed by atoms with Crippen LogP contribution in [-0.2, 0) is 20.3 Å². The number of aromatic nitrogens is 1. The maximum absolute atomic E-state index is 12.6. The average Bonchev–Trinajstić information content (AvgIpc) is 2.82. The fourth-order valence-corrected chi connectivity index (χ4v) is 2.75. The third kappa shape index (κ3) is 4.46. The van der Waals surface area contributed by atoms with E-state index in [1.807, 2.05) is 20.8 Å². The summed E-state index contributed by atoms with van der Waals surface area (Å²) in [6, 6.07) is 1.29. The van der Waals surface area contributed by atoms with Crippen LogP contribution in [0.1, 0.15) is 31.3 Å². The van der Waals surface area contributed by atoms with Gasteiger partial charge in [-0.3, -0.25) is 4.79 Å². The number of ether oxygens (including phenoxy) is 1. The monoisotopic (exact) mass is 336 g/mol. The molecule has 0 saturated heterocycles. The second kappa shape index (κ2) is 7.29. The predicted octanol–water partition coefficient (Wildman–Crippen LogP) is 1.93. The highest BCUT2D eigenvalue weighted by Gasteiger charge is 2.24. The van der Waals surface area contributed by atoms with Gasteiger partial charge in [-0.25, -0.2) is 8.42 Å². The van der Waals surface area contributed by atoms with Crippen LogP contribution in [0.2, 0.25) is 0 Å². The first-order valence-electron chi connectivity index (χ1n) is 6.67. The van der Waals surface area contributed by atoms with Gasteiger partial charge in [-0.05, 0) is 26.8 Å². The van der Waals surface area contributed by atoms with Crippen molar-refractivity contribution in [1.82, 2.24) is 9.47 Å². The summed E-state index contributed by atoms with van der Waals surface area (Å²) in [4.78, 5) is 14.2. The molecule has 0 aromatic carbocycles. The van der Waals surface area contributed by atoms with E-state index >= 15 is 0 Å². The lowest BCUT2D eigenvalue weighted by molar-refractivity contribution is 0.0624. The highest BCUT2D eigenvalue weighted by molar-refractivity contribution is 8.13. The normalized spacial score (nSPS) is 11.9. The number of halogens is 1. The Bertz CT molecular complexity index is 595. The van der Waals surface area contributed by atoms with E-state index < -0.39 is 9.05 Å². The van der Waals surface area contributed by atoms with Crippen LogP contribution in [0, 0.1) is 0 Å². The number of carbonyl (C=O) groups is 1. The molecule has 0 N–H and O–H groups in total. The molecule has 0 saturated carbocycles. The number of amides is 1. The molecule has 0 radical (unpaired) electrons. The first kappa shape index (κ1) is 18.0. The molecule has 0 aliphatic heterocycles. The van der Waals surface area contributed by atoms with E-state index in [9.17, 15) is 13.2 Å². The van der Waals surface area contributed by atoms with Crippen LogP contribution >= 0.6 is 10.7 Å². The van der Waals surface area contributed by atoms with Crippen LogP contribution in [0.25, 0.3) is 0 Å². The van der Waals surface area contributed by atoms with E-state index in [1.165, 1.54) is 12.3 Å². The van der Waals surface area contributed by atoms with Gasteiger partial charge in [0.2, 0.25) is 0 Å². The van der Waals surface area contributed by atoms with Gasteiger partial charge in [0, 0.05) is 43.1 Å². The zero-order valence-corrected chi connectivity index (χ0v) is 14.2. The zero-order chi connectivity index (χ0) is 16.2. The van der Waals surface area contributed by atoms with E-state index in [2.05, 4.69) is 0 Å². The number of hydrogen-bond acceptors (Lipinski definition) is 4. The summed E-state index contributed by atoms with van der Waals surface area (Å²) >= 11 is 0. The minimum Gasteiger partial charge on any atom is -0.383 e. The minimum absolute atomic E-state index is 0.0242. The molecular weight excluding hydrogens is 316 g/mol. The van der Waals surface area contributed by atoms with Crippen molar-refractivity contribution >= 4 is 25.6 Å².